The standard InChI is InChI=1S/C17H23N3.C2HF3O2/c1-19-13-17(12-18-19)14-20-9-7-16(8-10-20)11-15-5-3-2-4-6-15;3-2(4,5)1(6)7/h2-6,12-13,16H,7-11,14H2,1H3;(H,6,7). The van der Waals surface area contributed by atoms with Crippen LogP contribution >= 0.6 is 0 Å². The van der Waals surface area contributed by atoms with Gasteiger partial charge < -0.3 is 5.11 Å². The first-order chi connectivity index (χ1) is 12.7. The second kappa shape index (κ2) is 9.55. The second-order valence-electron chi connectivity index (χ2n) is 6.73. The molecule has 2 heterocycles. The molecule has 0 aliphatic carbocycles. The molecule has 3 rings (SSSR count). The molecule has 0 amide bonds. The second-order valence-corrected chi connectivity index (χ2v) is 6.73. The van der Waals surface area contributed by atoms with Gasteiger partial charge in [-0.1, -0.05) is 30.3 Å². The average Bonchev–Trinajstić information content (AvgIpc) is 3.02. The number of nitrogens with zero attached hydrogens (tertiary/aromatic N) is 3. The zero-order valence-electron chi connectivity index (χ0n) is 15.2. The summed E-state index contributed by atoms with van der Waals surface area (Å²) < 4.78 is 33.6. The van der Waals surface area contributed by atoms with Crippen LogP contribution in [0.5, 0.6) is 0 Å². The molecule has 2 aromatic rings. The van der Waals surface area contributed by atoms with Crippen molar-refractivity contribution in [2.75, 3.05) is 13.1 Å². The van der Waals surface area contributed by atoms with E-state index in [4.69, 9.17) is 9.90 Å². The minimum Gasteiger partial charge on any atom is -0.475 e. The van der Waals surface area contributed by atoms with Crippen molar-refractivity contribution in [3.63, 3.8) is 0 Å². The highest BCUT2D eigenvalue weighted by molar-refractivity contribution is 5.73. The van der Waals surface area contributed by atoms with E-state index in [-0.39, 0.29) is 0 Å². The Morgan fingerprint density at radius 1 is 1.19 bits per heavy atom. The minimum atomic E-state index is -5.08. The molecule has 1 aromatic heterocycles. The molecule has 0 atom stereocenters. The number of aryl methyl sites for hydroxylation is 1. The number of carboxylic acids is 1. The third-order valence-electron chi connectivity index (χ3n) is 4.48. The van der Waals surface area contributed by atoms with Crippen LogP contribution in [0.25, 0.3) is 0 Å². The lowest BCUT2D eigenvalue weighted by Gasteiger charge is -2.31. The van der Waals surface area contributed by atoms with Crippen LogP contribution in [0.1, 0.15) is 24.0 Å². The molecule has 5 nitrogen and oxygen atoms in total. The Morgan fingerprint density at radius 2 is 1.78 bits per heavy atom. The van der Waals surface area contributed by atoms with Gasteiger partial charge in [0.1, 0.15) is 0 Å². The monoisotopic (exact) mass is 383 g/mol. The predicted molar refractivity (Wildman–Crippen MR) is 95.0 cm³/mol. The first-order valence-electron chi connectivity index (χ1n) is 8.78. The maximum atomic E-state index is 10.6. The molecule has 0 saturated carbocycles. The summed E-state index contributed by atoms with van der Waals surface area (Å²) in [6.45, 7) is 3.48. The predicted octanol–water partition coefficient (Wildman–Crippen LogP) is 3.51. The van der Waals surface area contributed by atoms with Crippen molar-refractivity contribution in [2.45, 2.75) is 32.0 Å². The van der Waals surface area contributed by atoms with E-state index in [0.717, 1.165) is 12.5 Å². The Kier molecular flexibility index (Phi) is 7.41. The fraction of sp³-hybridized carbons (Fsp3) is 0.474. The fourth-order valence-corrected chi connectivity index (χ4v) is 3.11. The Labute approximate surface area is 156 Å². The van der Waals surface area contributed by atoms with Crippen LogP contribution in [0.4, 0.5) is 13.2 Å². The first-order valence-corrected chi connectivity index (χ1v) is 8.78. The van der Waals surface area contributed by atoms with Crippen LogP contribution in [-0.2, 0) is 24.8 Å². The molecular formula is C19H24F3N3O2. The van der Waals surface area contributed by atoms with Gasteiger partial charge in [0.25, 0.3) is 0 Å². The molecule has 1 aliphatic heterocycles. The number of hydrogen-bond donors (Lipinski definition) is 1. The molecule has 1 saturated heterocycles. The molecule has 0 unspecified atom stereocenters. The number of rotatable bonds is 4. The van der Waals surface area contributed by atoms with Crippen molar-refractivity contribution in [2.24, 2.45) is 13.0 Å². The average molecular weight is 383 g/mol. The van der Waals surface area contributed by atoms with Gasteiger partial charge >= 0.3 is 12.1 Å². The smallest absolute Gasteiger partial charge is 0.475 e. The highest BCUT2D eigenvalue weighted by Crippen LogP contribution is 2.22. The number of halogens is 3. The van der Waals surface area contributed by atoms with Crippen molar-refractivity contribution >= 4 is 5.97 Å². The number of piperidine rings is 1. The minimum absolute atomic E-state index is 0.850. The number of aromatic nitrogens is 2. The van der Waals surface area contributed by atoms with Crippen molar-refractivity contribution in [3.8, 4) is 0 Å². The van der Waals surface area contributed by atoms with Gasteiger partial charge in [0.05, 0.1) is 6.20 Å². The molecule has 148 valence electrons. The van der Waals surface area contributed by atoms with Gasteiger partial charge in [0.15, 0.2) is 0 Å². The van der Waals surface area contributed by atoms with Crippen LogP contribution in [-0.4, -0.2) is 45.0 Å². The van der Waals surface area contributed by atoms with E-state index < -0.39 is 12.1 Å². The van der Waals surface area contributed by atoms with E-state index >= 15 is 0 Å². The molecule has 1 fully saturated rings. The highest BCUT2D eigenvalue weighted by Gasteiger charge is 2.38. The van der Waals surface area contributed by atoms with Crippen LogP contribution in [0.15, 0.2) is 42.7 Å². The molecule has 0 radical (unpaired) electrons. The first kappa shape index (κ1) is 21.0. The van der Waals surface area contributed by atoms with Gasteiger partial charge in [-0.25, -0.2) is 4.79 Å². The fourth-order valence-electron chi connectivity index (χ4n) is 3.11. The SMILES string of the molecule is Cn1cc(CN2CCC(Cc3ccccc3)CC2)cn1.O=C(O)C(F)(F)F. The Morgan fingerprint density at radius 3 is 2.26 bits per heavy atom. The van der Waals surface area contributed by atoms with Gasteiger partial charge in [0, 0.05) is 25.4 Å². The molecule has 1 aromatic carbocycles. The van der Waals surface area contributed by atoms with E-state index in [1.807, 2.05) is 17.9 Å². The van der Waals surface area contributed by atoms with Gasteiger partial charge in [-0.15, -0.1) is 0 Å². The third kappa shape index (κ3) is 7.42. The van der Waals surface area contributed by atoms with Gasteiger partial charge in [0.2, 0.25) is 0 Å². The number of hydrogen-bond acceptors (Lipinski definition) is 3. The maximum Gasteiger partial charge on any atom is 0.490 e. The molecule has 0 bridgehead atoms. The number of carbonyl (C=O) groups is 1. The zero-order valence-corrected chi connectivity index (χ0v) is 15.2. The molecule has 27 heavy (non-hydrogen) atoms. The van der Waals surface area contributed by atoms with E-state index in [9.17, 15) is 13.2 Å². The number of benzene rings is 1. The van der Waals surface area contributed by atoms with Crippen LogP contribution in [0.3, 0.4) is 0 Å². The van der Waals surface area contributed by atoms with Crippen molar-refractivity contribution in [1.82, 2.24) is 14.7 Å². The van der Waals surface area contributed by atoms with E-state index in [1.54, 1.807) is 0 Å². The number of alkyl halides is 3. The van der Waals surface area contributed by atoms with Crippen molar-refractivity contribution < 1.29 is 23.1 Å². The molecule has 8 heteroatoms. The summed E-state index contributed by atoms with van der Waals surface area (Å²) in [5.41, 5.74) is 2.81. The van der Waals surface area contributed by atoms with Crippen molar-refractivity contribution in [3.05, 3.63) is 53.9 Å². The van der Waals surface area contributed by atoms with Crippen LogP contribution in [0, 0.1) is 5.92 Å². The number of likely N-dealkylation sites (tertiary alicyclic amines) is 1. The van der Waals surface area contributed by atoms with Gasteiger partial charge in [-0.3, -0.25) is 9.58 Å². The van der Waals surface area contributed by atoms with Crippen LogP contribution in [0.2, 0.25) is 0 Å². The van der Waals surface area contributed by atoms with E-state index in [2.05, 4.69) is 46.5 Å². The van der Waals surface area contributed by atoms with E-state index in [1.165, 1.54) is 43.5 Å². The van der Waals surface area contributed by atoms with Gasteiger partial charge in [-0.2, -0.15) is 18.3 Å². The maximum absolute atomic E-state index is 10.6. The summed E-state index contributed by atoms with van der Waals surface area (Å²) in [5, 5.41) is 11.4. The third-order valence-corrected chi connectivity index (χ3v) is 4.48. The van der Waals surface area contributed by atoms with Crippen molar-refractivity contribution in [1.29, 1.82) is 0 Å². The van der Waals surface area contributed by atoms with E-state index in [0.29, 0.717) is 0 Å². The lowest BCUT2D eigenvalue weighted by atomic mass is 9.90. The summed E-state index contributed by atoms with van der Waals surface area (Å²) in [7, 11) is 1.98. The molecule has 1 N–H and O–H groups in total. The summed E-state index contributed by atoms with van der Waals surface area (Å²) in [6.07, 6.45) is 2.89. The zero-order chi connectivity index (χ0) is 19.9. The number of carboxylic acid groups (broad SMARTS) is 1. The topological polar surface area (TPSA) is 58.4 Å². The Bertz CT molecular complexity index is 708. The lowest BCUT2D eigenvalue weighted by Crippen LogP contribution is -2.33. The quantitative estimate of drug-likeness (QED) is 0.878. The Hall–Kier alpha value is -2.35. The molecular weight excluding hydrogens is 359 g/mol. The summed E-state index contributed by atoms with van der Waals surface area (Å²) in [6, 6.07) is 10.9. The largest absolute Gasteiger partial charge is 0.490 e. The Balaban J connectivity index is 0.000000321. The summed E-state index contributed by atoms with van der Waals surface area (Å²) in [5.74, 6) is -1.91. The van der Waals surface area contributed by atoms with Crippen LogP contribution < -0.4 is 0 Å². The number of aliphatic carboxylic acids is 1. The lowest BCUT2D eigenvalue weighted by molar-refractivity contribution is -0.192. The highest BCUT2D eigenvalue weighted by atomic mass is 19.4. The molecule has 1 aliphatic rings. The normalized spacial score (nSPS) is 15.9. The summed E-state index contributed by atoms with van der Waals surface area (Å²) >= 11 is 0. The summed E-state index contributed by atoms with van der Waals surface area (Å²) in [4.78, 5) is 11.4. The molecule has 0 spiro atoms. The van der Waals surface area contributed by atoms with Gasteiger partial charge in [-0.05, 0) is 43.8 Å².